The Hall–Kier alpha value is -8.34. The van der Waals surface area contributed by atoms with E-state index < -0.39 is 12.1 Å². The van der Waals surface area contributed by atoms with Crippen LogP contribution in [0.3, 0.4) is 0 Å². The van der Waals surface area contributed by atoms with Gasteiger partial charge in [0, 0.05) is 106 Å². The smallest absolute Gasteiger partial charge is 0.190 e. The summed E-state index contributed by atoms with van der Waals surface area (Å²) < 4.78 is 0. The van der Waals surface area contributed by atoms with Gasteiger partial charge in [-0.2, -0.15) is 0 Å². The van der Waals surface area contributed by atoms with Crippen LogP contribution in [0.25, 0.3) is 0 Å². The number of hydrogen-bond donors (Lipinski definition) is 0. The number of nitrogens with zero attached hydrogens (tertiary/aromatic N) is 3. The number of likely N-dealkylation sites (N-methyl/N-ethyl adjacent to an activating group) is 2. The summed E-state index contributed by atoms with van der Waals surface area (Å²) in [6.45, 7) is 33.9. The van der Waals surface area contributed by atoms with E-state index in [1.165, 1.54) is 0 Å². The molecule has 0 saturated heterocycles. The Kier molecular flexibility index (Phi) is 21.8. The predicted octanol–water partition coefficient (Wildman–Crippen LogP) is 12.5. The summed E-state index contributed by atoms with van der Waals surface area (Å²) in [6.07, 6.45) is 0. The second-order valence-electron chi connectivity index (χ2n) is 19.0. The number of Topliss-reactive ketones (excluding diaryl/α,β-unsaturated/α-hetero) is 6. The van der Waals surface area contributed by atoms with Crippen LogP contribution in [0.5, 0.6) is 0 Å². The number of carbonyl (C=O) groups excluding carboxylic acids is 6. The minimum Gasteiger partial charge on any atom is -0.298 e. The van der Waals surface area contributed by atoms with Gasteiger partial charge in [0.1, 0.15) is 0 Å². The first-order chi connectivity index (χ1) is 36.3. The Labute approximate surface area is 449 Å². The minimum absolute atomic E-state index is 0.0811. The molecule has 0 aromatic heterocycles. The lowest BCUT2D eigenvalue weighted by molar-refractivity contribution is 0.0886. The predicted molar refractivity (Wildman–Crippen MR) is 309 cm³/mol. The van der Waals surface area contributed by atoms with Gasteiger partial charge in [-0.15, -0.1) is 0 Å². The SMILES string of the molecule is C=C(CN(C)CC(=C)C(=O)c1ccccc1)C(=O)c1ccccc1.C=C(CN(CC(=C)C(=O)c1ccccc1)C(C)C(C(=C)C(=O)c1cccc(C)c1)N(CC)CC(=C)C(=O)c1cccc(C)c1)C(=O)c1ccccc1. The highest BCUT2D eigenvalue weighted by molar-refractivity contribution is 6.12. The fraction of sp³-hybridized carbons (Fsp3) is 0.194. The van der Waals surface area contributed by atoms with Gasteiger partial charge in [-0.1, -0.05) is 215 Å². The Morgan fingerprint density at radius 1 is 0.382 bits per heavy atom. The van der Waals surface area contributed by atoms with Crippen LogP contribution in [0.4, 0.5) is 0 Å². The van der Waals surface area contributed by atoms with E-state index >= 15 is 0 Å². The lowest BCUT2D eigenvalue weighted by Gasteiger charge is -2.42. The highest BCUT2D eigenvalue weighted by Crippen LogP contribution is 2.26. The van der Waals surface area contributed by atoms with Crippen LogP contribution in [0, 0.1) is 13.8 Å². The van der Waals surface area contributed by atoms with Gasteiger partial charge in [0.25, 0.3) is 0 Å². The average Bonchev–Trinajstić information content (AvgIpc) is 3.44. The molecule has 9 nitrogen and oxygen atoms in total. The highest BCUT2D eigenvalue weighted by Gasteiger charge is 2.36. The maximum absolute atomic E-state index is 14.2. The normalized spacial score (nSPS) is 11.6. The number of ketones is 6. The van der Waals surface area contributed by atoms with E-state index in [1.807, 2.05) is 134 Å². The Balaban J connectivity index is 0.000000370. The standard InChI is InChI=1S/C46H48N2O4.C21H21NO2/c1-9-47(28-33(4)45(51)40-24-16-18-31(2)26-40)42(36(7)46(52)41-25-17-19-32(3)27-41)37(8)48(29-34(5)43(49)38-20-12-10-13-21-38)30-35(6)44(50)39-22-14-11-15-23-39;1-16(20(23)18-10-6-4-7-11-18)14-22(3)15-17(2)21(24)19-12-8-5-9-13-19/h10-27,37,42H,4-7,9,28-30H2,1-3,8H3;4-13H,1-2,14-15H2,3H3. The quantitative estimate of drug-likeness (QED) is 0.0368. The van der Waals surface area contributed by atoms with Gasteiger partial charge in [-0.25, -0.2) is 0 Å². The molecule has 0 spiro atoms. The summed E-state index contributed by atoms with van der Waals surface area (Å²) >= 11 is 0. The molecule has 0 aliphatic rings. The van der Waals surface area contributed by atoms with Crippen LogP contribution in [0.1, 0.15) is 87.1 Å². The van der Waals surface area contributed by atoms with Gasteiger partial charge < -0.3 is 0 Å². The minimum atomic E-state index is -0.667. The molecule has 6 aromatic carbocycles. The lowest BCUT2D eigenvalue weighted by atomic mass is 9.90. The average molecular weight is 1010 g/mol. The van der Waals surface area contributed by atoms with Crippen LogP contribution in [0.15, 0.2) is 243 Å². The fourth-order valence-corrected chi connectivity index (χ4v) is 8.84. The maximum atomic E-state index is 14.2. The maximum Gasteiger partial charge on any atom is 0.190 e. The van der Waals surface area contributed by atoms with E-state index in [2.05, 4.69) is 39.5 Å². The molecule has 2 unspecified atom stereocenters. The van der Waals surface area contributed by atoms with E-state index in [0.29, 0.717) is 86.5 Å². The van der Waals surface area contributed by atoms with Gasteiger partial charge in [-0.05, 0) is 46.5 Å². The van der Waals surface area contributed by atoms with Crippen molar-refractivity contribution in [1.82, 2.24) is 14.7 Å². The van der Waals surface area contributed by atoms with Gasteiger partial charge in [0.05, 0.1) is 6.04 Å². The molecule has 0 amide bonds. The van der Waals surface area contributed by atoms with Crippen LogP contribution in [-0.2, 0) is 0 Å². The van der Waals surface area contributed by atoms with Gasteiger partial charge in [0.15, 0.2) is 34.7 Å². The third-order valence-corrected chi connectivity index (χ3v) is 12.9. The summed E-state index contributed by atoms with van der Waals surface area (Å²) in [5.41, 5.74) is 7.43. The van der Waals surface area contributed by atoms with E-state index in [0.717, 1.165) is 11.1 Å². The monoisotopic (exact) mass is 1010 g/mol. The Morgan fingerprint density at radius 2 is 0.658 bits per heavy atom. The topological polar surface area (TPSA) is 112 Å². The van der Waals surface area contributed by atoms with Crippen molar-refractivity contribution in [3.63, 3.8) is 0 Å². The molecule has 6 rings (SSSR count). The molecule has 9 heteroatoms. The molecule has 2 atom stereocenters. The summed E-state index contributed by atoms with van der Waals surface area (Å²) in [5, 5.41) is 0. The van der Waals surface area contributed by atoms with Gasteiger partial charge >= 0.3 is 0 Å². The molecular formula is C67H69N3O6. The molecule has 388 valence electrons. The van der Waals surface area contributed by atoms with Crippen molar-refractivity contribution in [3.8, 4) is 0 Å². The number of rotatable bonds is 27. The van der Waals surface area contributed by atoms with Crippen molar-refractivity contribution >= 4 is 34.7 Å². The number of aryl methyl sites for hydroxylation is 2. The van der Waals surface area contributed by atoms with Crippen LogP contribution < -0.4 is 0 Å². The van der Waals surface area contributed by atoms with E-state index in [-0.39, 0.29) is 54.3 Å². The molecule has 76 heavy (non-hydrogen) atoms. The van der Waals surface area contributed by atoms with Crippen molar-refractivity contribution in [2.75, 3.05) is 46.3 Å². The van der Waals surface area contributed by atoms with E-state index in [1.54, 1.807) is 84.9 Å². The third-order valence-electron chi connectivity index (χ3n) is 12.9. The number of hydrogen-bond acceptors (Lipinski definition) is 9. The first-order valence-corrected chi connectivity index (χ1v) is 25.2. The first kappa shape index (κ1) is 58.5. The van der Waals surface area contributed by atoms with Gasteiger partial charge in [-0.3, -0.25) is 43.5 Å². The first-order valence-electron chi connectivity index (χ1n) is 25.2. The second-order valence-corrected chi connectivity index (χ2v) is 19.0. The zero-order chi connectivity index (χ0) is 55.5. The molecule has 0 saturated carbocycles. The fourth-order valence-electron chi connectivity index (χ4n) is 8.84. The van der Waals surface area contributed by atoms with E-state index in [9.17, 15) is 28.8 Å². The molecule has 6 aromatic rings. The largest absolute Gasteiger partial charge is 0.298 e. The second kappa shape index (κ2) is 28.4. The van der Waals surface area contributed by atoms with Crippen molar-refractivity contribution in [2.45, 2.75) is 39.8 Å². The zero-order valence-electron chi connectivity index (χ0n) is 44.6. The lowest BCUT2D eigenvalue weighted by Crippen LogP contribution is -2.54. The number of benzene rings is 6. The van der Waals surface area contributed by atoms with Crippen molar-refractivity contribution in [1.29, 1.82) is 0 Å². The van der Waals surface area contributed by atoms with Crippen molar-refractivity contribution < 1.29 is 28.8 Å². The molecule has 0 fully saturated rings. The molecule has 0 bridgehead atoms. The summed E-state index contributed by atoms with van der Waals surface area (Å²) in [4.78, 5) is 85.5. The number of carbonyl (C=O) groups is 6. The van der Waals surface area contributed by atoms with Crippen LogP contribution >= 0.6 is 0 Å². The van der Waals surface area contributed by atoms with Crippen molar-refractivity contribution in [2.24, 2.45) is 0 Å². The molecule has 0 heterocycles. The molecule has 0 aliphatic carbocycles. The molecule has 0 radical (unpaired) electrons. The van der Waals surface area contributed by atoms with E-state index in [4.69, 9.17) is 0 Å². The van der Waals surface area contributed by atoms with Crippen molar-refractivity contribution in [3.05, 3.63) is 287 Å². The van der Waals surface area contributed by atoms with Gasteiger partial charge in [0.2, 0.25) is 0 Å². The highest BCUT2D eigenvalue weighted by atomic mass is 16.1. The molecule has 0 aliphatic heterocycles. The third kappa shape index (κ3) is 16.3. The Bertz CT molecular complexity index is 2990. The summed E-state index contributed by atoms with van der Waals surface area (Å²) in [7, 11) is 1.84. The molecular weight excluding hydrogens is 943 g/mol. The summed E-state index contributed by atoms with van der Waals surface area (Å²) in [5.74, 6) is -1.05. The molecule has 0 N–H and O–H groups in total. The van der Waals surface area contributed by atoms with Crippen LogP contribution in [0.2, 0.25) is 0 Å². The summed E-state index contributed by atoms with van der Waals surface area (Å²) in [6, 6.07) is 49.4. The Morgan fingerprint density at radius 3 is 0.974 bits per heavy atom. The zero-order valence-corrected chi connectivity index (χ0v) is 44.6. The van der Waals surface area contributed by atoms with Crippen LogP contribution in [-0.4, -0.2) is 108 Å².